The highest BCUT2D eigenvalue weighted by molar-refractivity contribution is 5.94. The first-order chi connectivity index (χ1) is 15.1. The van der Waals surface area contributed by atoms with Gasteiger partial charge in [0.15, 0.2) is 11.5 Å². The average Bonchev–Trinajstić information content (AvgIpc) is 3.26. The number of rotatable bonds is 4. The first kappa shape index (κ1) is 18.9. The summed E-state index contributed by atoms with van der Waals surface area (Å²) in [6, 6.07) is 21.4. The predicted molar refractivity (Wildman–Crippen MR) is 119 cm³/mol. The van der Waals surface area contributed by atoms with E-state index in [0.29, 0.717) is 11.2 Å². The summed E-state index contributed by atoms with van der Waals surface area (Å²) < 4.78 is 1.79. The quantitative estimate of drug-likeness (QED) is 0.488. The number of aromatic nitrogens is 5. The van der Waals surface area contributed by atoms with Crippen molar-refractivity contribution < 1.29 is 4.79 Å². The van der Waals surface area contributed by atoms with Gasteiger partial charge in [-0.25, -0.2) is 0 Å². The Labute approximate surface area is 178 Å². The lowest BCUT2D eigenvalue weighted by Crippen LogP contribution is -2.17. The molecule has 3 heterocycles. The zero-order valence-electron chi connectivity index (χ0n) is 17.1. The molecular formula is C24H20N6O. The summed E-state index contributed by atoms with van der Waals surface area (Å²) in [4.78, 5) is 16.2. The van der Waals surface area contributed by atoms with Gasteiger partial charge in [0.2, 0.25) is 0 Å². The summed E-state index contributed by atoms with van der Waals surface area (Å²) in [6.45, 7) is 2.10. The maximum Gasteiger partial charge on any atom is 0.251 e. The van der Waals surface area contributed by atoms with Crippen molar-refractivity contribution in [2.45, 2.75) is 12.8 Å². The van der Waals surface area contributed by atoms with Gasteiger partial charge in [0.05, 0.1) is 11.2 Å². The number of carbonyl (C=O) groups excluding carboxylic acids is 1. The lowest BCUT2D eigenvalue weighted by atomic mass is 9.98. The van der Waals surface area contributed by atoms with Crippen molar-refractivity contribution in [1.29, 1.82) is 0 Å². The normalized spacial score (nSPS) is 12.2. The molecule has 0 unspecified atom stereocenters. The van der Waals surface area contributed by atoms with Gasteiger partial charge < -0.3 is 5.32 Å². The number of benzene rings is 2. The van der Waals surface area contributed by atoms with E-state index in [4.69, 9.17) is 5.10 Å². The summed E-state index contributed by atoms with van der Waals surface area (Å²) in [5.41, 5.74) is 5.08. The number of nitrogens with one attached hydrogen (secondary N) is 1. The third kappa shape index (κ3) is 3.40. The third-order valence-corrected chi connectivity index (χ3v) is 5.47. The number of hydrogen-bond donors (Lipinski definition) is 1. The molecular weight excluding hydrogens is 388 g/mol. The second kappa shape index (κ2) is 7.60. The highest BCUT2D eigenvalue weighted by Gasteiger charge is 2.18. The molecule has 0 aliphatic heterocycles. The van der Waals surface area contributed by atoms with Crippen LogP contribution < -0.4 is 5.32 Å². The number of amides is 1. The van der Waals surface area contributed by atoms with Crippen molar-refractivity contribution in [3.8, 4) is 11.3 Å². The maximum atomic E-state index is 11.8. The van der Waals surface area contributed by atoms with Crippen LogP contribution in [-0.2, 0) is 0 Å². The van der Waals surface area contributed by atoms with E-state index < -0.39 is 0 Å². The van der Waals surface area contributed by atoms with Gasteiger partial charge in [-0.15, -0.1) is 10.2 Å². The van der Waals surface area contributed by atoms with Gasteiger partial charge in [0.1, 0.15) is 0 Å². The zero-order valence-corrected chi connectivity index (χ0v) is 17.1. The second-order valence-corrected chi connectivity index (χ2v) is 7.38. The summed E-state index contributed by atoms with van der Waals surface area (Å²) in [5.74, 6) is 0.649. The number of nitrogens with zero attached hydrogens (tertiary/aromatic N) is 5. The Morgan fingerprint density at radius 3 is 2.65 bits per heavy atom. The van der Waals surface area contributed by atoms with Crippen molar-refractivity contribution in [3.05, 3.63) is 89.9 Å². The van der Waals surface area contributed by atoms with Crippen LogP contribution in [0.25, 0.3) is 27.8 Å². The molecule has 0 spiro atoms. The first-order valence-corrected chi connectivity index (χ1v) is 10.0. The molecule has 0 aliphatic rings. The first-order valence-electron chi connectivity index (χ1n) is 10.0. The molecule has 0 saturated carbocycles. The number of pyridine rings is 1. The molecule has 0 radical (unpaired) electrons. The molecule has 0 saturated heterocycles. The maximum absolute atomic E-state index is 11.8. The van der Waals surface area contributed by atoms with E-state index in [1.165, 1.54) is 0 Å². The minimum atomic E-state index is -0.115. The van der Waals surface area contributed by atoms with Crippen LogP contribution in [-0.4, -0.2) is 37.8 Å². The molecule has 0 fully saturated rings. The van der Waals surface area contributed by atoms with E-state index in [-0.39, 0.29) is 11.8 Å². The van der Waals surface area contributed by atoms with Gasteiger partial charge in [-0.05, 0) is 48.0 Å². The Kier molecular flexibility index (Phi) is 4.63. The Hall–Kier alpha value is -4.13. The van der Waals surface area contributed by atoms with E-state index in [0.717, 1.165) is 33.5 Å². The smallest absolute Gasteiger partial charge is 0.251 e. The van der Waals surface area contributed by atoms with Crippen LogP contribution in [0, 0.1) is 0 Å². The van der Waals surface area contributed by atoms with E-state index in [1.54, 1.807) is 29.9 Å². The molecule has 1 N–H and O–H groups in total. The van der Waals surface area contributed by atoms with Crippen LogP contribution in [0.1, 0.15) is 34.6 Å². The van der Waals surface area contributed by atoms with Gasteiger partial charge in [-0.1, -0.05) is 31.2 Å². The summed E-state index contributed by atoms with van der Waals surface area (Å²) in [6.07, 6.45) is 1.80. The standard InChI is InChI=1S/C24H20N6O/c1-15(18-9-10-20-19(14-18)4-3-13-26-20)23-28-27-22-12-11-21(29-30(22)23)16-5-7-17(8-6-16)24(31)25-2/h3-15H,1-2H3,(H,25,31)/t15-/m0/s1. The average molecular weight is 408 g/mol. The molecule has 5 rings (SSSR count). The Morgan fingerprint density at radius 1 is 1.00 bits per heavy atom. The number of fused-ring (bicyclic) bond motifs is 2. The van der Waals surface area contributed by atoms with Gasteiger partial charge in [0, 0.05) is 35.7 Å². The van der Waals surface area contributed by atoms with Crippen molar-refractivity contribution in [2.24, 2.45) is 0 Å². The molecule has 7 heteroatoms. The van der Waals surface area contributed by atoms with Gasteiger partial charge >= 0.3 is 0 Å². The summed E-state index contributed by atoms with van der Waals surface area (Å²) in [7, 11) is 1.62. The Balaban J connectivity index is 1.53. The minimum absolute atomic E-state index is 0.00187. The SMILES string of the molecule is CNC(=O)c1ccc(-c2ccc3nnc([C@@H](C)c4ccc5ncccc5c4)n3n2)cc1. The number of carbonyl (C=O) groups is 1. The monoisotopic (exact) mass is 408 g/mol. The van der Waals surface area contributed by atoms with Crippen molar-refractivity contribution >= 4 is 22.5 Å². The van der Waals surface area contributed by atoms with Crippen molar-refractivity contribution in [3.63, 3.8) is 0 Å². The molecule has 1 amide bonds. The van der Waals surface area contributed by atoms with Gasteiger partial charge in [0.25, 0.3) is 5.91 Å². The molecule has 0 bridgehead atoms. The minimum Gasteiger partial charge on any atom is -0.355 e. The third-order valence-electron chi connectivity index (χ3n) is 5.47. The molecule has 3 aromatic heterocycles. The fourth-order valence-corrected chi connectivity index (χ4v) is 3.68. The van der Waals surface area contributed by atoms with Crippen LogP contribution in [0.5, 0.6) is 0 Å². The van der Waals surface area contributed by atoms with Crippen molar-refractivity contribution in [2.75, 3.05) is 7.05 Å². The Morgan fingerprint density at radius 2 is 1.84 bits per heavy atom. The van der Waals surface area contributed by atoms with E-state index >= 15 is 0 Å². The Bertz CT molecular complexity index is 1410. The molecule has 7 nitrogen and oxygen atoms in total. The second-order valence-electron chi connectivity index (χ2n) is 7.38. The molecule has 5 aromatic rings. The highest BCUT2D eigenvalue weighted by atomic mass is 16.1. The van der Waals surface area contributed by atoms with E-state index in [9.17, 15) is 4.79 Å². The summed E-state index contributed by atoms with van der Waals surface area (Å²) in [5, 5.41) is 17.2. The van der Waals surface area contributed by atoms with Crippen LogP contribution >= 0.6 is 0 Å². The molecule has 152 valence electrons. The predicted octanol–water partition coefficient (Wildman–Crippen LogP) is 3.85. The van der Waals surface area contributed by atoms with Gasteiger partial charge in [-0.3, -0.25) is 9.78 Å². The number of hydrogen-bond acceptors (Lipinski definition) is 5. The zero-order chi connectivity index (χ0) is 21.4. The molecule has 1 atom stereocenters. The fraction of sp³-hybridized carbons (Fsp3) is 0.125. The van der Waals surface area contributed by atoms with Gasteiger partial charge in [-0.2, -0.15) is 9.61 Å². The largest absolute Gasteiger partial charge is 0.355 e. The lowest BCUT2D eigenvalue weighted by molar-refractivity contribution is 0.0963. The topological polar surface area (TPSA) is 85.1 Å². The fourth-order valence-electron chi connectivity index (χ4n) is 3.68. The lowest BCUT2D eigenvalue weighted by Gasteiger charge is -2.11. The summed E-state index contributed by atoms with van der Waals surface area (Å²) >= 11 is 0. The molecule has 2 aromatic carbocycles. The molecule has 31 heavy (non-hydrogen) atoms. The highest BCUT2D eigenvalue weighted by Crippen LogP contribution is 2.26. The van der Waals surface area contributed by atoms with E-state index in [1.807, 2.05) is 36.4 Å². The molecule has 0 aliphatic carbocycles. The van der Waals surface area contributed by atoms with E-state index in [2.05, 4.69) is 45.6 Å². The van der Waals surface area contributed by atoms with Crippen LogP contribution in [0.15, 0.2) is 72.9 Å². The van der Waals surface area contributed by atoms with Crippen LogP contribution in [0.4, 0.5) is 0 Å². The van der Waals surface area contributed by atoms with Crippen LogP contribution in [0.2, 0.25) is 0 Å². The van der Waals surface area contributed by atoms with Crippen LogP contribution in [0.3, 0.4) is 0 Å². The van der Waals surface area contributed by atoms with Crippen molar-refractivity contribution in [1.82, 2.24) is 30.1 Å².